The van der Waals surface area contributed by atoms with Crippen LogP contribution in [0.1, 0.15) is 56.7 Å². The van der Waals surface area contributed by atoms with Crippen LogP contribution in [0.4, 0.5) is 0 Å². The number of guanidine groups is 1. The van der Waals surface area contributed by atoms with E-state index in [4.69, 9.17) is 9.15 Å². The molecule has 0 bridgehead atoms. The Bertz CT molecular complexity index is 679. The van der Waals surface area contributed by atoms with Gasteiger partial charge in [-0.3, -0.25) is 9.89 Å². The molecule has 0 amide bonds. The molecule has 3 heterocycles. The van der Waals surface area contributed by atoms with Crippen LogP contribution in [0.25, 0.3) is 0 Å². The number of nitrogens with one attached hydrogen (secondary N) is 2. The third kappa shape index (κ3) is 3.05. The summed E-state index contributed by atoms with van der Waals surface area (Å²) in [6, 6.07) is 4.87. The molecule has 4 fully saturated rings. The maximum atomic E-state index is 6.06. The van der Waals surface area contributed by atoms with Crippen molar-refractivity contribution in [2.75, 3.05) is 33.3 Å². The largest absolute Gasteiger partial charge is 0.468 e. The number of nitrogens with zero attached hydrogens (tertiary/aromatic N) is 2. The topological polar surface area (TPSA) is 62.0 Å². The summed E-state index contributed by atoms with van der Waals surface area (Å²) < 4.78 is 11.8. The van der Waals surface area contributed by atoms with E-state index in [0.29, 0.717) is 23.5 Å². The van der Waals surface area contributed by atoms with Gasteiger partial charge in [-0.05, 0) is 57.3 Å². The highest BCUT2D eigenvalue weighted by Crippen LogP contribution is 2.62. The minimum Gasteiger partial charge on any atom is -0.468 e. The van der Waals surface area contributed by atoms with Crippen molar-refractivity contribution >= 4 is 5.96 Å². The number of furan rings is 1. The summed E-state index contributed by atoms with van der Waals surface area (Å²) in [5, 5.41) is 7.40. The van der Waals surface area contributed by atoms with Crippen molar-refractivity contribution in [3.05, 3.63) is 24.2 Å². The monoisotopic (exact) mass is 386 g/mol. The van der Waals surface area contributed by atoms with E-state index in [1.54, 1.807) is 6.26 Å². The number of ether oxygens (including phenoxy) is 1. The molecule has 1 spiro atoms. The van der Waals surface area contributed by atoms with Crippen LogP contribution < -0.4 is 10.6 Å². The molecule has 28 heavy (non-hydrogen) atoms. The van der Waals surface area contributed by atoms with E-state index in [1.807, 2.05) is 13.1 Å². The van der Waals surface area contributed by atoms with Crippen LogP contribution in [0.15, 0.2) is 27.8 Å². The number of piperidine rings is 1. The van der Waals surface area contributed by atoms with E-state index in [0.717, 1.165) is 38.0 Å². The third-order valence-electron chi connectivity index (χ3n) is 7.72. The predicted octanol–water partition coefficient (Wildman–Crippen LogP) is 2.93. The van der Waals surface area contributed by atoms with Gasteiger partial charge >= 0.3 is 0 Å². The first-order chi connectivity index (χ1) is 13.8. The zero-order chi connectivity index (χ0) is 19.0. The van der Waals surface area contributed by atoms with Gasteiger partial charge < -0.3 is 19.8 Å². The predicted molar refractivity (Wildman–Crippen MR) is 109 cm³/mol. The Morgan fingerprint density at radius 2 is 2.14 bits per heavy atom. The Kier molecular flexibility index (Phi) is 5.09. The van der Waals surface area contributed by atoms with Gasteiger partial charge in [-0.2, -0.15) is 0 Å². The van der Waals surface area contributed by atoms with Crippen molar-refractivity contribution in [1.29, 1.82) is 0 Å². The molecule has 4 atom stereocenters. The second-order valence-electron chi connectivity index (χ2n) is 9.03. The van der Waals surface area contributed by atoms with Crippen LogP contribution in [0.2, 0.25) is 0 Å². The van der Waals surface area contributed by atoms with Gasteiger partial charge in [-0.1, -0.05) is 12.8 Å². The number of hydrogen-bond acceptors (Lipinski definition) is 4. The molecular weight excluding hydrogens is 352 g/mol. The quantitative estimate of drug-likeness (QED) is 0.602. The first-order valence-electron chi connectivity index (χ1n) is 11.2. The Morgan fingerprint density at radius 3 is 2.82 bits per heavy atom. The highest BCUT2D eigenvalue weighted by Gasteiger charge is 2.66. The molecule has 4 aliphatic rings. The molecule has 2 saturated heterocycles. The van der Waals surface area contributed by atoms with Gasteiger partial charge in [0, 0.05) is 37.6 Å². The number of aliphatic imine (C=N–C) groups is 1. The molecule has 4 unspecified atom stereocenters. The van der Waals surface area contributed by atoms with Crippen molar-refractivity contribution in [2.24, 2.45) is 16.3 Å². The molecule has 6 heteroatoms. The van der Waals surface area contributed by atoms with Crippen LogP contribution in [0, 0.1) is 11.3 Å². The summed E-state index contributed by atoms with van der Waals surface area (Å²) in [5.74, 6) is 2.63. The molecule has 1 aromatic rings. The average molecular weight is 387 g/mol. The van der Waals surface area contributed by atoms with Crippen LogP contribution in [-0.4, -0.2) is 56.3 Å². The Balaban J connectivity index is 1.23. The summed E-state index contributed by atoms with van der Waals surface area (Å²) in [7, 11) is 1.88. The minimum atomic E-state index is 0.260. The summed E-state index contributed by atoms with van der Waals surface area (Å²) in [5.41, 5.74) is 0.367. The van der Waals surface area contributed by atoms with E-state index >= 15 is 0 Å². The van der Waals surface area contributed by atoms with Crippen molar-refractivity contribution in [2.45, 2.75) is 63.1 Å². The Morgan fingerprint density at radius 1 is 1.29 bits per heavy atom. The zero-order valence-electron chi connectivity index (χ0n) is 17.0. The molecule has 2 aliphatic heterocycles. The van der Waals surface area contributed by atoms with Crippen LogP contribution in [-0.2, 0) is 4.74 Å². The number of fused-ring (bicyclic) bond motifs is 2. The van der Waals surface area contributed by atoms with Crippen molar-refractivity contribution in [3.63, 3.8) is 0 Å². The fraction of sp³-hybridized carbons (Fsp3) is 0.773. The summed E-state index contributed by atoms with van der Waals surface area (Å²) in [4.78, 5) is 7.11. The molecule has 1 aromatic heterocycles. The minimum absolute atomic E-state index is 0.260. The van der Waals surface area contributed by atoms with E-state index in [2.05, 4.69) is 26.6 Å². The third-order valence-corrected chi connectivity index (χ3v) is 7.72. The molecule has 6 nitrogen and oxygen atoms in total. The normalized spacial score (nSPS) is 33.0. The lowest BCUT2D eigenvalue weighted by molar-refractivity contribution is -0.171. The zero-order valence-corrected chi connectivity index (χ0v) is 17.0. The second-order valence-corrected chi connectivity index (χ2v) is 9.03. The molecular formula is C22H34N4O2. The molecule has 154 valence electrons. The lowest BCUT2D eigenvalue weighted by Crippen LogP contribution is -2.72. The fourth-order valence-electron chi connectivity index (χ4n) is 6.11. The van der Waals surface area contributed by atoms with Crippen LogP contribution in [0.5, 0.6) is 0 Å². The molecule has 5 rings (SSSR count). The first-order valence-corrected chi connectivity index (χ1v) is 11.2. The average Bonchev–Trinajstić information content (AvgIpc) is 3.35. The highest BCUT2D eigenvalue weighted by molar-refractivity contribution is 5.80. The summed E-state index contributed by atoms with van der Waals surface area (Å²) in [6.45, 7) is 4.03. The smallest absolute Gasteiger partial charge is 0.191 e. The van der Waals surface area contributed by atoms with Gasteiger partial charge in [-0.25, -0.2) is 0 Å². The number of rotatable bonds is 5. The second kappa shape index (κ2) is 7.71. The highest BCUT2D eigenvalue weighted by atomic mass is 16.5. The van der Waals surface area contributed by atoms with Crippen molar-refractivity contribution in [3.8, 4) is 0 Å². The van der Waals surface area contributed by atoms with Crippen molar-refractivity contribution in [1.82, 2.24) is 15.5 Å². The van der Waals surface area contributed by atoms with Crippen LogP contribution in [0.3, 0.4) is 0 Å². The lowest BCUT2D eigenvalue weighted by Gasteiger charge is -2.63. The standard InChI is InChI=1S/C22H34N4O2/c1-23-21(25-19-16-8-14-28-20(16)22(19)9-6-10-22)24-15-17(18-7-5-13-27-18)26-11-3-2-4-12-26/h5,7,13,16-17,19-20H,2-4,6,8-12,14-15H2,1H3,(H2,23,24,25). The van der Waals surface area contributed by atoms with E-state index in [-0.39, 0.29) is 6.04 Å². The Labute approximate surface area is 168 Å². The van der Waals surface area contributed by atoms with E-state index in [9.17, 15) is 0 Å². The molecule has 0 aromatic carbocycles. The molecule has 2 saturated carbocycles. The fourth-order valence-corrected chi connectivity index (χ4v) is 6.11. The van der Waals surface area contributed by atoms with Crippen molar-refractivity contribution < 1.29 is 9.15 Å². The molecule has 2 aliphatic carbocycles. The lowest BCUT2D eigenvalue weighted by atomic mass is 9.46. The van der Waals surface area contributed by atoms with Gasteiger partial charge in [0.05, 0.1) is 18.4 Å². The molecule has 0 radical (unpaired) electrons. The van der Waals surface area contributed by atoms with Gasteiger partial charge in [-0.15, -0.1) is 0 Å². The van der Waals surface area contributed by atoms with E-state index in [1.165, 1.54) is 44.9 Å². The maximum absolute atomic E-state index is 6.06. The summed E-state index contributed by atoms with van der Waals surface area (Å²) >= 11 is 0. The number of hydrogen-bond donors (Lipinski definition) is 2. The number of likely N-dealkylation sites (tertiary alicyclic amines) is 1. The van der Waals surface area contributed by atoms with E-state index < -0.39 is 0 Å². The summed E-state index contributed by atoms with van der Waals surface area (Å²) in [6.07, 6.45) is 11.3. The first kappa shape index (κ1) is 18.5. The van der Waals surface area contributed by atoms with Gasteiger partial charge in [0.25, 0.3) is 0 Å². The van der Waals surface area contributed by atoms with Gasteiger partial charge in [0.1, 0.15) is 5.76 Å². The maximum Gasteiger partial charge on any atom is 0.191 e. The van der Waals surface area contributed by atoms with Gasteiger partial charge in [0.2, 0.25) is 0 Å². The Hall–Kier alpha value is -1.53. The van der Waals surface area contributed by atoms with Gasteiger partial charge in [0.15, 0.2) is 5.96 Å². The molecule has 2 N–H and O–H groups in total. The van der Waals surface area contributed by atoms with Crippen LogP contribution >= 0.6 is 0 Å². The SMILES string of the molecule is CN=C(NCC(c1ccco1)N1CCCCC1)NC1C2CCOC2C12CCC2.